The predicted molar refractivity (Wildman–Crippen MR) is 89.2 cm³/mol. The van der Waals surface area contributed by atoms with Crippen molar-refractivity contribution in [3.8, 4) is 0 Å². The third-order valence-corrected chi connectivity index (χ3v) is 5.92. The average Bonchev–Trinajstić information content (AvgIpc) is 3.17. The van der Waals surface area contributed by atoms with Gasteiger partial charge in [0.25, 0.3) is 5.91 Å². The van der Waals surface area contributed by atoms with Crippen molar-refractivity contribution in [2.45, 2.75) is 6.92 Å². The van der Waals surface area contributed by atoms with Gasteiger partial charge in [-0.2, -0.15) is 0 Å². The molecule has 0 radical (unpaired) electrons. The first-order chi connectivity index (χ1) is 11.2. The van der Waals surface area contributed by atoms with Crippen molar-refractivity contribution >= 4 is 29.2 Å². The number of nitrogens with zero attached hydrogens (tertiary/aromatic N) is 3. The van der Waals surface area contributed by atoms with Crippen molar-refractivity contribution in [3.05, 3.63) is 21.9 Å². The number of fused-ring (bicyclic) bond motifs is 1. The van der Waals surface area contributed by atoms with Crippen LogP contribution in [-0.2, 0) is 4.79 Å². The van der Waals surface area contributed by atoms with E-state index in [1.807, 2.05) is 13.0 Å². The molecule has 2 fully saturated rings. The fourth-order valence-corrected chi connectivity index (χ4v) is 4.49. The van der Waals surface area contributed by atoms with Gasteiger partial charge in [-0.15, -0.1) is 11.3 Å². The van der Waals surface area contributed by atoms with Crippen LogP contribution in [0.2, 0.25) is 0 Å². The van der Waals surface area contributed by atoms with E-state index in [-0.39, 0.29) is 30.9 Å². The number of hydrogen-bond acceptors (Lipinski definition) is 4. The van der Waals surface area contributed by atoms with Gasteiger partial charge in [0.1, 0.15) is 5.41 Å². The van der Waals surface area contributed by atoms with Gasteiger partial charge in [0.15, 0.2) is 0 Å². The number of carboxylic acids is 1. The number of aryl methyl sites for hydroxylation is 1. The van der Waals surface area contributed by atoms with Crippen LogP contribution in [0.25, 0.3) is 0 Å². The van der Waals surface area contributed by atoms with Crippen molar-refractivity contribution < 1.29 is 19.5 Å². The molecule has 0 saturated carbocycles. The molecule has 0 bridgehead atoms. The number of carbonyl (C=O) groups is 3. The van der Waals surface area contributed by atoms with E-state index in [1.165, 1.54) is 16.2 Å². The molecule has 0 aliphatic carbocycles. The third-order valence-electron chi connectivity index (χ3n) is 4.93. The van der Waals surface area contributed by atoms with Gasteiger partial charge in [-0.1, -0.05) is 0 Å². The summed E-state index contributed by atoms with van der Waals surface area (Å²) in [4.78, 5) is 43.1. The molecule has 1 aromatic rings. The van der Waals surface area contributed by atoms with Crippen LogP contribution < -0.4 is 0 Å². The summed E-state index contributed by atoms with van der Waals surface area (Å²) in [6, 6.07) is 3.49. The molecule has 3 amide bonds. The molecule has 24 heavy (non-hydrogen) atoms. The summed E-state index contributed by atoms with van der Waals surface area (Å²) in [5.74, 6) is -1.28. The molecular weight excluding hydrogens is 330 g/mol. The third kappa shape index (κ3) is 2.54. The highest BCUT2D eigenvalue weighted by molar-refractivity contribution is 7.13. The lowest BCUT2D eigenvalue weighted by molar-refractivity contribution is -0.148. The molecule has 7 nitrogen and oxygen atoms in total. The van der Waals surface area contributed by atoms with Crippen molar-refractivity contribution in [1.82, 2.24) is 14.7 Å². The lowest BCUT2D eigenvalue weighted by atomic mass is 9.81. The van der Waals surface area contributed by atoms with Gasteiger partial charge in [0.05, 0.1) is 4.88 Å². The van der Waals surface area contributed by atoms with Gasteiger partial charge < -0.3 is 19.8 Å². The topological polar surface area (TPSA) is 81.2 Å². The van der Waals surface area contributed by atoms with Crippen LogP contribution in [0.5, 0.6) is 0 Å². The van der Waals surface area contributed by atoms with Crippen LogP contribution in [0.3, 0.4) is 0 Å². The van der Waals surface area contributed by atoms with E-state index in [1.54, 1.807) is 30.0 Å². The average molecular weight is 351 g/mol. The molecule has 2 saturated heterocycles. The molecule has 130 valence electrons. The van der Waals surface area contributed by atoms with Gasteiger partial charge in [-0.05, 0) is 19.1 Å². The molecule has 3 heterocycles. The quantitative estimate of drug-likeness (QED) is 0.868. The summed E-state index contributed by atoms with van der Waals surface area (Å²) in [5.41, 5.74) is -1.06. The summed E-state index contributed by atoms with van der Waals surface area (Å²) >= 11 is 1.42. The minimum atomic E-state index is -1.06. The molecule has 2 aliphatic heterocycles. The summed E-state index contributed by atoms with van der Waals surface area (Å²) in [6.07, 6.45) is 0. The monoisotopic (exact) mass is 351 g/mol. The number of thiophene rings is 1. The highest BCUT2D eigenvalue weighted by Gasteiger charge is 2.59. The van der Waals surface area contributed by atoms with E-state index in [0.717, 1.165) is 4.88 Å². The smallest absolute Gasteiger partial charge is 0.319 e. The standard InChI is InChI=1S/C16H21N3O4S/c1-10-4-5-12(24-10)13(20)18-6-11-7-19(15(23)17(2)3)9-16(11,8-18)14(21)22/h4-5,11H,6-9H2,1-3H3,(H,21,22)/t11-,16-/m0/s1. The van der Waals surface area contributed by atoms with Crippen LogP contribution in [0.15, 0.2) is 12.1 Å². The molecule has 2 aliphatic rings. The highest BCUT2D eigenvalue weighted by Crippen LogP contribution is 2.43. The van der Waals surface area contributed by atoms with E-state index < -0.39 is 11.4 Å². The highest BCUT2D eigenvalue weighted by atomic mass is 32.1. The Balaban J connectivity index is 1.80. The first-order valence-electron chi connectivity index (χ1n) is 7.80. The fourth-order valence-electron chi connectivity index (χ4n) is 3.66. The zero-order valence-corrected chi connectivity index (χ0v) is 14.8. The molecular formula is C16H21N3O4S. The van der Waals surface area contributed by atoms with Crippen molar-refractivity contribution in [3.63, 3.8) is 0 Å². The Morgan fingerprint density at radius 1 is 1.21 bits per heavy atom. The van der Waals surface area contributed by atoms with Crippen LogP contribution in [0.1, 0.15) is 14.5 Å². The van der Waals surface area contributed by atoms with Gasteiger partial charge in [0, 0.05) is 51.1 Å². The van der Waals surface area contributed by atoms with Crippen LogP contribution in [-0.4, -0.2) is 78.0 Å². The van der Waals surface area contributed by atoms with Gasteiger partial charge in [-0.3, -0.25) is 9.59 Å². The SMILES string of the molecule is Cc1ccc(C(=O)N2C[C@H]3CN(C(=O)N(C)C)C[C@@]3(C(=O)O)C2)s1. The number of hydrogen-bond donors (Lipinski definition) is 1. The number of carbonyl (C=O) groups excluding carboxylic acids is 2. The zero-order chi connectivity index (χ0) is 17.6. The Labute approximate surface area is 144 Å². The second kappa shape index (κ2) is 5.77. The molecule has 0 spiro atoms. The van der Waals surface area contributed by atoms with Crippen LogP contribution in [0, 0.1) is 18.3 Å². The summed E-state index contributed by atoms with van der Waals surface area (Å²) < 4.78 is 0. The molecule has 0 unspecified atom stereocenters. The maximum Gasteiger partial charge on any atom is 0.319 e. The van der Waals surface area contributed by atoms with Crippen LogP contribution in [0.4, 0.5) is 4.79 Å². The summed E-state index contributed by atoms with van der Waals surface area (Å²) in [6.45, 7) is 2.98. The first kappa shape index (κ1) is 16.8. The first-order valence-corrected chi connectivity index (χ1v) is 8.61. The molecule has 3 rings (SSSR count). The van der Waals surface area contributed by atoms with E-state index >= 15 is 0 Å². The van der Waals surface area contributed by atoms with Crippen LogP contribution >= 0.6 is 11.3 Å². The van der Waals surface area contributed by atoms with Crippen molar-refractivity contribution in [2.24, 2.45) is 11.3 Å². The fraction of sp³-hybridized carbons (Fsp3) is 0.562. The number of rotatable bonds is 2. The normalized spacial score (nSPS) is 25.7. The van der Waals surface area contributed by atoms with Gasteiger partial charge in [0.2, 0.25) is 0 Å². The molecule has 8 heteroatoms. The zero-order valence-electron chi connectivity index (χ0n) is 14.0. The minimum Gasteiger partial charge on any atom is -0.481 e. The maximum atomic E-state index is 12.6. The van der Waals surface area contributed by atoms with Gasteiger partial charge >= 0.3 is 12.0 Å². The Morgan fingerprint density at radius 2 is 1.83 bits per heavy atom. The Hall–Kier alpha value is -2.09. The predicted octanol–water partition coefficient (Wildman–Crippen LogP) is 1.20. The number of urea groups is 1. The molecule has 2 atom stereocenters. The van der Waals surface area contributed by atoms with Gasteiger partial charge in [-0.25, -0.2) is 4.79 Å². The number of likely N-dealkylation sites (tertiary alicyclic amines) is 2. The second-order valence-corrected chi connectivity index (χ2v) is 8.10. The van der Waals surface area contributed by atoms with E-state index in [9.17, 15) is 19.5 Å². The molecule has 1 N–H and O–H groups in total. The lowest BCUT2D eigenvalue weighted by Crippen LogP contribution is -2.45. The summed E-state index contributed by atoms with van der Waals surface area (Å²) in [5, 5.41) is 9.80. The number of amides is 3. The van der Waals surface area contributed by atoms with Crippen molar-refractivity contribution in [1.29, 1.82) is 0 Å². The largest absolute Gasteiger partial charge is 0.481 e. The van der Waals surface area contributed by atoms with Crippen molar-refractivity contribution in [2.75, 3.05) is 40.3 Å². The maximum absolute atomic E-state index is 12.6. The van der Waals surface area contributed by atoms with E-state index in [0.29, 0.717) is 18.0 Å². The molecule has 0 aromatic carbocycles. The summed E-state index contributed by atoms with van der Waals surface area (Å²) in [7, 11) is 3.30. The Bertz CT molecular complexity index is 701. The Morgan fingerprint density at radius 3 is 2.33 bits per heavy atom. The Kier molecular flexibility index (Phi) is 4.03. The minimum absolute atomic E-state index is 0.117. The molecule has 1 aromatic heterocycles. The lowest BCUT2D eigenvalue weighted by Gasteiger charge is -2.26. The van der Waals surface area contributed by atoms with E-state index in [2.05, 4.69) is 0 Å². The second-order valence-electron chi connectivity index (χ2n) is 6.81. The number of aliphatic carboxylic acids is 1. The number of carboxylic acid groups (broad SMARTS) is 1. The van der Waals surface area contributed by atoms with E-state index in [4.69, 9.17) is 0 Å².